The zero-order valence-corrected chi connectivity index (χ0v) is 13.8. The monoisotopic (exact) mass is 345 g/mol. The van der Waals surface area contributed by atoms with Crippen LogP contribution >= 0.6 is 36.2 Å². The van der Waals surface area contributed by atoms with E-state index in [1.54, 1.807) is 11.3 Å². The van der Waals surface area contributed by atoms with Gasteiger partial charge in [0.05, 0.1) is 15.7 Å². The molecule has 7 heteroatoms. The maximum Gasteiger partial charge on any atom is 0.253 e. The summed E-state index contributed by atoms with van der Waals surface area (Å²) in [4.78, 5) is 18.8. The maximum absolute atomic E-state index is 12.5. The quantitative estimate of drug-likeness (QED) is 0.863. The van der Waals surface area contributed by atoms with Crippen molar-refractivity contribution in [3.63, 3.8) is 0 Å². The summed E-state index contributed by atoms with van der Waals surface area (Å²) in [6.07, 6.45) is 0. The molecule has 2 aromatic rings. The van der Waals surface area contributed by atoms with Crippen molar-refractivity contribution in [2.75, 3.05) is 26.2 Å². The minimum absolute atomic E-state index is 0. The number of nitrogens with one attached hydrogen (secondary N) is 1. The molecule has 1 N–H and O–H groups in total. The molecule has 0 saturated carbocycles. The first-order valence-electron chi connectivity index (χ1n) is 6.64. The van der Waals surface area contributed by atoms with E-state index in [9.17, 15) is 4.79 Å². The van der Waals surface area contributed by atoms with Gasteiger partial charge in [0, 0.05) is 31.7 Å². The van der Waals surface area contributed by atoms with Gasteiger partial charge in [-0.25, -0.2) is 4.98 Å². The fourth-order valence-electron chi connectivity index (χ4n) is 3.19. The van der Waals surface area contributed by atoms with Gasteiger partial charge in [-0.3, -0.25) is 4.79 Å². The Kier molecular flexibility index (Phi) is 5.09. The van der Waals surface area contributed by atoms with Crippen LogP contribution in [0, 0.1) is 11.8 Å². The molecule has 1 amide bonds. The number of hydrogen-bond donors (Lipinski definition) is 1. The fraction of sp³-hybridized carbons (Fsp3) is 0.429. The first-order chi connectivity index (χ1) is 9.31. The van der Waals surface area contributed by atoms with E-state index in [4.69, 9.17) is 0 Å². The molecule has 4 nitrogen and oxygen atoms in total. The molecule has 2 aliphatic heterocycles. The molecule has 2 aliphatic rings. The second kappa shape index (κ2) is 6.48. The number of fused-ring (bicyclic) bond motifs is 2. The van der Waals surface area contributed by atoms with Gasteiger partial charge in [-0.1, -0.05) is 0 Å². The van der Waals surface area contributed by atoms with Crippen LogP contribution in [-0.2, 0) is 0 Å². The second-order valence-corrected chi connectivity index (χ2v) is 6.31. The molecule has 2 fully saturated rings. The van der Waals surface area contributed by atoms with Crippen LogP contribution in [0.25, 0.3) is 10.2 Å². The first-order valence-corrected chi connectivity index (χ1v) is 7.52. The van der Waals surface area contributed by atoms with Crippen LogP contribution in [0.2, 0.25) is 0 Å². The van der Waals surface area contributed by atoms with Gasteiger partial charge in [-0.15, -0.1) is 36.2 Å². The van der Waals surface area contributed by atoms with E-state index in [-0.39, 0.29) is 30.7 Å². The largest absolute Gasteiger partial charge is 0.338 e. The van der Waals surface area contributed by atoms with E-state index in [1.807, 2.05) is 28.6 Å². The van der Waals surface area contributed by atoms with Crippen molar-refractivity contribution in [1.82, 2.24) is 15.2 Å². The van der Waals surface area contributed by atoms with E-state index in [0.717, 1.165) is 42.0 Å². The van der Waals surface area contributed by atoms with Crippen molar-refractivity contribution in [2.24, 2.45) is 11.8 Å². The van der Waals surface area contributed by atoms with Gasteiger partial charge in [0.2, 0.25) is 0 Å². The van der Waals surface area contributed by atoms with Crippen molar-refractivity contribution in [1.29, 1.82) is 0 Å². The highest BCUT2D eigenvalue weighted by molar-refractivity contribution is 7.16. The Balaban J connectivity index is 0.000000807. The van der Waals surface area contributed by atoms with Gasteiger partial charge >= 0.3 is 0 Å². The summed E-state index contributed by atoms with van der Waals surface area (Å²) in [6, 6.07) is 5.82. The number of hydrogen-bond acceptors (Lipinski definition) is 4. The lowest BCUT2D eigenvalue weighted by Gasteiger charge is -2.17. The summed E-state index contributed by atoms with van der Waals surface area (Å²) in [5, 5.41) is 3.40. The number of nitrogens with zero attached hydrogens (tertiary/aromatic N) is 2. The molecular formula is C14H17Cl2N3OS. The molecule has 0 aliphatic carbocycles. The molecule has 0 spiro atoms. The summed E-state index contributed by atoms with van der Waals surface area (Å²) >= 11 is 1.59. The minimum atomic E-state index is 0. The molecule has 1 aromatic heterocycles. The van der Waals surface area contributed by atoms with E-state index < -0.39 is 0 Å². The minimum Gasteiger partial charge on any atom is -0.338 e. The van der Waals surface area contributed by atoms with Gasteiger partial charge in [-0.05, 0) is 30.0 Å². The Hall–Kier alpha value is -0.880. The summed E-state index contributed by atoms with van der Waals surface area (Å²) in [5.74, 6) is 1.47. The van der Waals surface area contributed by atoms with Crippen LogP contribution in [0.3, 0.4) is 0 Å². The van der Waals surface area contributed by atoms with Crippen LogP contribution < -0.4 is 5.32 Å². The lowest BCUT2D eigenvalue weighted by Crippen LogP contribution is -2.31. The molecule has 3 heterocycles. The Morgan fingerprint density at radius 2 is 1.95 bits per heavy atom. The van der Waals surface area contributed by atoms with E-state index >= 15 is 0 Å². The van der Waals surface area contributed by atoms with Crippen LogP contribution in [0.4, 0.5) is 0 Å². The van der Waals surface area contributed by atoms with E-state index in [1.165, 1.54) is 0 Å². The predicted octanol–water partition coefficient (Wildman–Crippen LogP) is 2.43. The highest BCUT2D eigenvalue weighted by atomic mass is 35.5. The number of carbonyl (C=O) groups excluding carboxylic acids is 1. The molecule has 0 radical (unpaired) electrons. The van der Waals surface area contributed by atoms with Gasteiger partial charge in [-0.2, -0.15) is 0 Å². The number of amides is 1. The Morgan fingerprint density at radius 3 is 2.67 bits per heavy atom. The Morgan fingerprint density at radius 1 is 1.24 bits per heavy atom. The molecular weight excluding hydrogens is 329 g/mol. The third-order valence-electron chi connectivity index (χ3n) is 4.25. The molecule has 114 valence electrons. The molecule has 2 atom stereocenters. The summed E-state index contributed by atoms with van der Waals surface area (Å²) in [5.41, 5.74) is 3.60. The van der Waals surface area contributed by atoms with Crippen LogP contribution in [0.15, 0.2) is 23.7 Å². The standard InChI is InChI=1S/C14H15N3OS.2ClH/c18-14(17-6-10-4-15-5-11(10)7-17)9-1-2-12-13(3-9)19-8-16-12;;/h1-3,8,10-11,15H,4-7H2;2*1H/t10-,11+;;. The van der Waals surface area contributed by atoms with Gasteiger partial charge in [0.25, 0.3) is 5.91 Å². The number of likely N-dealkylation sites (tertiary alicyclic amines) is 1. The van der Waals surface area contributed by atoms with Gasteiger partial charge in [0.1, 0.15) is 0 Å². The zero-order valence-electron chi connectivity index (χ0n) is 11.3. The summed E-state index contributed by atoms with van der Waals surface area (Å²) in [7, 11) is 0. The van der Waals surface area contributed by atoms with Crippen molar-refractivity contribution in [2.45, 2.75) is 0 Å². The third-order valence-corrected chi connectivity index (χ3v) is 5.05. The number of halogens is 2. The number of rotatable bonds is 1. The normalized spacial score (nSPS) is 23.5. The zero-order chi connectivity index (χ0) is 12.8. The molecule has 0 unspecified atom stereocenters. The highest BCUT2D eigenvalue weighted by Crippen LogP contribution is 2.28. The molecule has 1 aromatic carbocycles. The van der Waals surface area contributed by atoms with Crippen molar-refractivity contribution in [3.05, 3.63) is 29.3 Å². The number of carbonyl (C=O) groups is 1. The second-order valence-electron chi connectivity index (χ2n) is 5.42. The molecule has 4 rings (SSSR count). The van der Waals surface area contributed by atoms with Crippen molar-refractivity contribution < 1.29 is 4.79 Å². The Bertz CT molecular complexity index is 636. The van der Waals surface area contributed by atoms with Gasteiger partial charge in [0.15, 0.2) is 0 Å². The molecule has 21 heavy (non-hydrogen) atoms. The van der Waals surface area contributed by atoms with Crippen molar-refractivity contribution in [3.8, 4) is 0 Å². The topological polar surface area (TPSA) is 45.2 Å². The lowest BCUT2D eigenvalue weighted by molar-refractivity contribution is 0.0782. The summed E-state index contributed by atoms with van der Waals surface area (Å²) < 4.78 is 1.09. The predicted molar refractivity (Wildman–Crippen MR) is 89.9 cm³/mol. The third kappa shape index (κ3) is 2.88. The van der Waals surface area contributed by atoms with E-state index in [2.05, 4.69) is 10.3 Å². The van der Waals surface area contributed by atoms with Crippen LogP contribution in [0.1, 0.15) is 10.4 Å². The number of benzene rings is 1. The number of aromatic nitrogens is 1. The van der Waals surface area contributed by atoms with E-state index in [0.29, 0.717) is 11.8 Å². The average Bonchev–Trinajstić information content (AvgIpc) is 3.11. The Labute approximate surface area is 139 Å². The molecule has 0 bridgehead atoms. The smallest absolute Gasteiger partial charge is 0.253 e. The fourth-order valence-corrected chi connectivity index (χ4v) is 3.91. The lowest BCUT2D eigenvalue weighted by atomic mass is 10.0. The summed E-state index contributed by atoms with van der Waals surface area (Å²) in [6.45, 7) is 3.92. The maximum atomic E-state index is 12.5. The van der Waals surface area contributed by atoms with Crippen LogP contribution in [-0.4, -0.2) is 42.0 Å². The van der Waals surface area contributed by atoms with Gasteiger partial charge < -0.3 is 10.2 Å². The SMILES string of the molecule is Cl.Cl.O=C(c1ccc2ncsc2c1)N1C[C@H]2CNC[C@H]2C1. The number of thiazole rings is 1. The molecule has 2 saturated heterocycles. The van der Waals surface area contributed by atoms with Crippen molar-refractivity contribution >= 4 is 52.3 Å². The van der Waals surface area contributed by atoms with Crippen LogP contribution in [0.5, 0.6) is 0 Å². The highest BCUT2D eigenvalue weighted by Gasteiger charge is 2.38. The average molecular weight is 346 g/mol. The first kappa shape index (κ1) is 16.5.